The van der Waals surface area contributed by atoms with Crippen LogP contribution in [0, 0.1) is 0 Å². The van der Waals surface area contributed by atoms with Gasteiger partial charge in [-0.05, 0) is 33.1 Å². The van der Waals surface area contributed by atoms with Crippen molar-refractivity contribution in [1.82, 2.24) is 4.57 Å². The Balaban J connectivity index is 2.12. The van der Waals surface area contributed by atoms with E-state index in [1.165, 1.54) is 154 Å². The van der Waals surface area contributed by atoms with Crippen LogP contribution in [0.15, 0.2) is 12.4 Å². The molecular formula is C32H63N2+. The minimum absolute atomic E-state index is 0.571. The van der Waals surface area contributed by atoms with Gasteiger partial charge in [0.1, 0.15) is 12.4 Å². The van der Waals surface area contributed by atoms with Crippen LogP contribution in [0.1, 0.15) is 181 Å². The first-order chi connectivity index (χ1) is 16.7. The van der Waals surface area contributed by atoms with Gasteiger partial charge in [0, 0.05) is 6.42 Å². The highest BCUT2D eigenvalue weighted by Gasteiger charge is 2.18. The Bertz CT molecular complexity index is 545. The van der Waals surface area contributed by atoms with Gasteiger partial charge in [-0.3, -0.25) is 0 Å². The average molecular weight is 476 g/mol. The van der Waals surface area contributed by atoms with E-state index in [0.717, 1.165) is 0 Å². The van der Waals surface area contributed by atoms with Crippen LogP contribution in [0.5, 0.6) is 0 Å². The zero-order valence-electron chi connectivity index (χ0n) is 24.1. The van der Waals surface area contributed by atoms with Crippen molar-refractivity contribution in [3.8, 4) is 0 Å². The second-order valence-electron chi connectivity index (χ2n) is 11.2. The van der Waals surface area contributed by atoms with Crippen molar-refractivity contribution in [2.45, 2.75) is 188 Å². The summed E-state index contributed by atoms with van der Waals surface area (Å²) in [4.78, 5) is 0. The molecule has 0 spiro atoms. The molecule has 0 atom stereocenters. The lowest BCUT2D eigenvalue weighted by molar-refractivity contribution is -0.704. The highest BCUT2D eigenvalue weighted by molar-refractivity contribution is 4.86. The van der Waals surface area contributed by atoms with Gasteiger partial charge in [0.2, 0.25) is 0 Å². The molecule has 0 aliphatic carbocycles. The SMILES string of the molecule is CCCCCCCCCCCCCCC[n+]1ccn(C(C)C)c1CCCCCCCCCCC. The quantitative estimate of drug-likeness (QED) is 0.0981. The Morgan fingerprint density at radius 2 is 0.941 bits per heavy atom. The zero-order valence-corrected chi connectivity index (χ0v) is 24.1. The summed E-state index contributed by atoms with van der Waals surface area (Å²) >= 11 is 0. The van der Waals surface area contributed by atoms with Crippen molar-refractivity contribution in [3.63, 3.8) is 0 Å². The first-order valence-electron chi connectivity index (χ1n) is 15.8. The molecule has 0 radical (unpaired) electrons. The Morgan fingerprint density at radius 3 is 1.35 bits per heavy atom. The summed E-state index contributed by atoms with van der Waals surface area (Å²) in [7, 11) is 0. The fraction of sp³-hybridized carbons (Fsp3) is 0.906. The molecule has 0 aliphatic heterocycles. The van der Waals surface area contributed by atoms with Crippen LogP contribution in [0.2, 0.25) is 0 Å². The topological polar surface area (TPSA) is 8.81 Å². The summed E-state index contributed by atoms with van der Waals surface area (Å²) in [5.74, 6) is 1.57. The smallest absolute Gasteiger partial charge is 0.234 e. The van der Waals surface area contributed by atoms with Crippen molar-refractivity contribution >= 4 is 0 Å². The molecule has 0 saturated carbocycles. The number of unbranched alkanes of at least 4 members (excludes halogenated alkanes) is 20. The van der Waals surface area contributed by atoms with E-state index < -0.39 is 0 Å². The third-order valence-corrected chi connectivity index (χ3v) is 7.60. The Hall–Kier alpha value is -0.790. The van der Waals surface area contributed by atoms with E-state index in [0.29, 0.717) is 6.04 Å². The van der Waals surface area contributed by atoms with Gasteiger partial charge >= 0.3 is 0 Å². The standard InChI is InChI=1S/C32H63N2/c1-5-7-9-11-13-15-16-17-18-20-22-24-26-28-33-29-30-34(31(3)4)32(33)27-25-23-21-19-14-12-10-8-6-2/h29-31H,5-28H2,1-4H3/q+1. The molecule has 0 unspecified atom stereocenters. The van der Waals surface area contributed by atoms with Gasteiger partial charge in [-0.2, -0.15) is 0 Å². The van der Waals surface area contributed by atoms with Gasteiger partial charge in [0.15, 0.2) is 0 Å². The summed E-state index contributed by atoms with van der Waals surface area (Å²) in [6.45, 7) is 10.5. The van der Waals surface area contributed by atoms with Gasteiger partial charge in [0.05, 0.1) is 12.6 Å². The zero-order chi connectivity index (χ0) is 24.7. The van der Waals surface area contributed by atoms with Crippen LogP contribution in [-0.4, -0.2) is 4.57 Å². The van der Waals surface area contributed by atoms with Crippen LogP contribution in [-0.2, 0) is 13.0 Å². The minimum atomic E-state index is 0.571. The number of rotatable bonds is 25. The number of aryl methyl sites for hydroxylation is 1. The molecular weight excluding hydrogens is 412 g/mol. The number of aromatic nitrogens is 2. The lowest BCUT2D eigenvalue weighted by Crippen LogP contribution is -2.37. The maximum absolute atomic E-state index is 2.57. The van der Waals surface area contributed by atoms with Crippen molar-refractivity contribution in [2.75, 3.05) is 0 Å². The molecule has 0 aromatic carbocycles. The lowest BCUT2D eigenvalue weighted by Gasteiger charge is -2.08. The van der Waals surface area contributed by atoms with Crippen LogP contribution in [0.25, 0.3) is 0 Å². The van der Waals surface area contributed by atoms with Gasteiger partial charge in [-0.1, -0.05) is 136 Å². The molecule has 0 N–H and O–H groups in total. The Labute approximate surface area is 215 Å². The molecule has 1 aromatic heterocycles. The summed E-state index contributed by atoms with van der Waals surface area (Å²) in [6.07, 6.45) is 37.3. The van der Waals surface area contributed by atoms with E-state index in [4.69, 9.17) is 0 Å². The predicted molar refractivity (Wildman–Crippen MR) is 152 cm³/mol. The fourth-order valence-corrected chi connectivity index (χ4v) is 5.31. The van der Waals surface area contributed by atoms with Crippen LogP contribution >= 0.6 is 0 Å². The predicted octanol–water partition coefficient (Wildman–Crippen LogP) is 10.5. The first-order valence-corrected chi connectivity index (χ1v) is 15.8. The number of nitrogens with zero attached hydrogens (tertiary/aromatic N) is 2. The van der Waals surface area contributed by atoms with E-state index in [1.807, 2.05) is 0 Å². The van der Waals surface area contributed by atoms with Crippen LogP contribution in [0.4, 0.5) is 0 Å². The fourth-order valence-electron chi connectivity index (χ4n) is 5.31. The Kier molecular flexibility index (Phi) is 20.8. The molecule has 0 saturated heterocycles. The van der Waals surface area contributed by atoms with E-state index in [-0.39, 0.29) is 0 Å². The average Bonchev–Trinajstić information content (AvgIpc) is 3.24. The first kappa shape index (κ1) is 31.2. The number of imidazole rings is 1. The summed E-state index contributed by atoms with van der Waals surface area (Å²) in [5, 5.41) is 0. The van der Waals surface area contributed by atoms with Crippen molar-refractivity contribution in [2.24, 2.45) is 0 Å². The highest BCUT2D eigenvalue weighted by atomic mass is 15.2. The van der Waals surface area contributed by atoms with E-state index >= 15 is 0 Å². The van der Waals surface area contributed by atoms with Gasteiger partial charge in [-0.15, -0.1) is 0 Å². The number of hydrogen-bond donors (Lipinski definition) is 0. The maximum atomic E-state index is 2.57. The monoisotopic (exact) mass is 475 g/mol. The molecule has 34 heavy (non-hydrogen) atoms. The van der Waals surface area contributed by atoms with Crippen molar-refractivity contribution in [1.29, 1.82) is 0 Å². The molecule has 0 bridgehead atoms. The van der Waals surface area contributed by atoms with Crippen molar-refractivity contribution in [3.05, 3.63) is 18.2 Å². The second kappa shape index (κ2) is 22.7. The number of hydrogen-bond acceptors (Lipinski definition) is 0. The summed E-state index contributed by atoms with van der Waals surface area (Å²) < 4.78 is 5.09. The molecule has 2 nitrogen and oxygen atoms in total. The molecule has 0 aliphatic rings. The van der Waals surface area contributed by atoms with Gasteiger partial charge in [0.25, 0.3) is 5.82 Å². The summed E-state index contributed by atoms with van der Waals surface area (Å²) in [6, 6.07) is 0.571. The molecule has 2 heteroatoms. The van der Waals surface area contributed by atoms with Crippen LogP contribution in [0.3, 0.4) is 0 Å². The molecule has 1 aromatic rings. The van der Waals surface area contributed by atoms with Crippen LogP contribution < -0.4 is 4.57 Å². The third kappa shape index (κ3) is 16.0. The highest BCUT2D eigenvalue weighted by Crippen LogP contribution is 2.15. The molecule has 200 valence electrons. The largest absolute Gasteiger partial charge is 0.256 e. The molecule has 1 heterocycles. The summed E-state index contributed by atoms with van der Waals surface area (Å²) in [5.41, 5.74) is 0. The van der Waals surface area contributed by atoms with Gasteiger partial charge in [-0.25, -0.2) is 9.13 Å². The lowest BCUT2D eigenvalue weighted by atomic mass is 10.0. The van der Waals surface area contributed by atoms with E-state index in [2.05, 4.69) is 49.2 Å². The third-order valence-electron chi connectivity index (χ3n) is 7.60. The molecule has 1 rings (SSSR count). The van der Waals surface area contributed by atoms with E-state index in [1.54, 1.807) is 5.82 Å². The van der Waals surface area contributed by atoms with Gasteiger partial charge < -0.3 is 0 Å². The minimum Gasteiger partial charge on any atom is -0.234 e. The maximum Gasteiger partial charge on any atom is 0.256 e. The Morgan fingerprint density at radius 1 is 0.559 bits per heavy atom. The van der Waals surface area contributed by atoms with E-state index in [9.17, 15) is 0 Å². The van der Waals surface area contributed by atoms with Crippen molar-refractivity contribution < 1.29 is 4.57 Å². The molecule has 0 fully saturated rings. The normalized spacial score (nSPS) is 11.7. The second-order valence-corrected chi connectivity index (χ2v) is 11.2. The molecule has 0 amide bonds.